The van der Waals surface area contributed by atoms with Gasteiger partial charge in [-0.3, -0.25) is 20.2 Å². The van der Waals surface area contributed by atoms with Crippen molar-refractivity contribution in [3.63, 3.8) is 0 Å². The SMILES string of the molecule is C=CCc1cc(C=C2C(=O)NC(=O)NC2=O)cc(OC)c1OCc1ccc(C(=O)[O-])cc1. The summed E-state index contributed by atoms with van der Waals surface area (Å²) >= 11 is 0. The Hall–Kier alpha value is -4.40. The van der Waals surface area contributed by atoms with Crippen LogP contribution in [0.25, 0.3) is 6.08 Å². The van der Waals surface area contributed by atoms with Gasteiger partial charge in [-0.1, -0.05) is 30.3 Å². The topological polar surface area (TPSA) is 134 Å². The number of aromatic carboxylic acids is 1. The van der Waals surface area contributed by atoms with Crippen molar-refractivity contribution in [1.29, 1.82) is 0 Å². The molecule has 0 aliphatic carbocycles. The van der Waals surface area contributed by atoms with E-state index >= 15 is 0 Å². The molecule has 0 aromatic heterocycles. The highest BCUT2D eigenvalue weighted by molar-refractivity contribution is 6.31. The van der Waals surface area contributed by atoms with Crippen LogP contribution in [0.3, 0.4) is 0 Å². The molecule has 1 aliphatic heterocycles. The third-order valence-electron chi connectivity index (χ3n) is 4.57. The second-order valence-corrected chi connectivity index (χ2v) is 6.77. The van der Waals surface area contributed by atoms with Crippen LogP contribution in [0.2, 0.25) is 0 Å². The van der Waals surface area contributed by atoms with E-state index in [4.69, 9.17) is 9.47 Å². The number of urea groups is 1. The third-order valence-corrected chi connectivity index (χ3v) is 4.57. The fourth-order valence-corrected chi connectivity index (χ4v) is 3.06. The number of imide groups is 2. The quantitative estimate of drug-likeness (QED) is 0.360. The van der Waals surface area contributed by atoms with Gasteiger partial charge in [0.1, 0.15) is 12.2 Å². The standard InChI is InChI=1S/C23H20N2O7/c1-3-4-16-9-14(10-17-20(26)24-23(30)25-21(17)27)11-18(31-2)19(16)32-12-13-5-7-15(8-6-13)22(28)29/h3,5-11H,1,4,12H2,2H3,(H,28,29)(H2,24,25,26,27,30)/p-1. The molecule has 4 amide bonds. The van der Waals surface area contributed by atoms with E-state index in [1.54, 1.807) is 30.3 Å². The van der Waals surface area contributed by atoms with Gasteiger partial charge in [0.15, 0.2) is 11.5 Å². The zero-order valence-corrected chi connectivity index (χ0v) is 17.1. The van der Waals surface area contributed by atoms with E-state index in [0.717, 1.165) is 5.56 Å². The zero-order valence-electron chi connectivity index (χ0n) is 17.1. The van der Waals surface area contributed by atoms with Gasteiger partial charge in [-0.2, -0.15) is 0 Å². The molecular formula is C23H19N2O7-. The molecular weight excluding hydrogens is 416 g/mol. The maximum Gasteiger partial charge on any atom is 0.328 e. The molecule has 32 heavy (non-hydrogen) atoms. The van der Waals surface area contributed by atoms with Gasteiger partial charge in [0.2, 0.25) is 0 Å². The molecule has 0 bridgehead atoms. The third kappa shape index (κ3) is 5.01. The van der Waals surface area contributed by atoms with Crippen LogP contribution in [0.1, 0.15) is 27.0 Å². The van der Waals surface area contributed by atoms with Crippen LogP contribution >= 0.6 is 0 Å². The Morgan fingerprint density at radius 1 is 1.09 bits per heavy atom. The van der Waals surface area contributed by atoms with Gasteiger partial charge in [0.25, 0.3) is 11.8 Å². The first kappa shape index (κ1) is 22.3. The summed E-state index contributed by atoms with van der Waals surface area (Å²) in [5.74, 6) is -2.07. The summed E-state index contributed by atoms with van der Waals surface area (Å²) in [4.78, 5) is 46.1. The van der Waals surface area contributed by atoms with Crippen LogP contribution < -0.4 is 25.2 Å². The average molecular weight is 435 g/mol. The van der Waals surface area contributed by atoms with Crippen molar-refractivity contribution in [3.8, 4) is 11.5 Å². The number of carboxylic acid groups (broad SMARTS) is 1. The number of ether oxygens (including phenoxy) is 2. The molecule has 1 fully saturated rings. The Labute approximate surface area is 183 Å². The summed E-state index contributed by atoms with van der Waals surface area (Å²) in [6, 6.07) is 8.51. The molecule has 0 radical (unpaired) electrons. The summed E-state index contributed by atoms with van der Waals surface area (Å²) in [6.45, 7) is 3.88. The number of carboxylic acids is 1. The smallest absolute Gasteiger partial charge is 0.328 e. The van der Waals surface area contributed by atoms with Gasteiger partial charge >= 0.3 is 6.03 Å². The molecule has 2 N–H and O–H groups in total. The Kier molecular flexibility index (Phi) is 6.69. The monoisotopic (exact) mass is 435 g/mol. The minimum Gasteiger partial charge on any atom is -0.545 e. The number of carbonyl (C=O) groups is 4. The first-order valence-electron chi connectivity index (χ1n) is 9.45. The summed E-state index contributed by atoms with van der Waals surface area (Å²) in [5, 5.41) is 14.9. The fraction of sp³-hybridized carbons (Fsp3) is 0.130. The molecule has 3 rings (SSSR count). The van der Waals surface area contributed by atoms with Crippen LogP contribution in [0, 0.1) is 0 Å². The van der Waals surface area contributed by atoms with Gasteiger partial charge < -0.3 is 19.4 Å². The van der Waals surface area contributed by atoms with Crippen molar-refractivity contribution in [1.82, 2.24) is 10.6 Å². The minimum absolute atomic E-state index is 0.0635. The summed E-state index contributed by atoms with van der Waals surface area (Å²) in [5.41, 5.74) is 1.74. The number of hydrogen-bond acceptors (Lipinski definition) is 7. The lowest BCUT2D eigenvalue weighted by Crippen LogP contribution is -2.51. The van der Waals surface area contributed by atoms with Crippen molar-refractivity contribution in [2.45, 2.75) is 13.0 Å². The van der Waals surface area contributed by atoms with Crippen molar-refractivity contribution < 1.29 is 33.8 Å². The molecule has 0 atom stereocenters. The predicted octanol–water partition coefficient (Wildman–Crippen LogP) is 1.12. The van der Waals surface area contributed by atoms with Crippen LogP contribution in [-0.4, -0.2) is 30.9 Å². The van der Waals surface area contributed by atoms with Gasteiger partial charge in [0, 0.05) is 5.56 Å². The number of carbonyl (C=O) groups excluding carboxylic acids is 4. The lowest BCUT2D eigenvalue weighted by atomic mass is 10.0. The Bertz CT molecular complexity index is 1110. The second kappa shape index (κ2) is 9.61. The highest BCUT2D eigenvalue weighted by Gasteiger charge is 2.28. The summed E-state index contributed by atoms with van der Waals surface area (Å²) < 4.78 is 11.4. The highest BCUT2D eigenvalue weighted by atomic mass is 16.5. The van der Waals surface area contributed by atoms with Crippen LogP contribution in [0.5, 0.6) is 11.5 Å². The number of rotatable bonds is 8. The molecule has 2 aromatic rings. The molecule has 9 nitrogen and oxygen atoms in total. The minimum atomic E-state index is -1.26. The molecule has 1 aliphatic rings. The number of allylic oxidation sites excluding steroid dienone is 1. The molecule has 0 unspecified atom stereocenters. The van der Waals surface area contributed by atoms with Gasteiger partial charge in [-0.15, -0.1) is 6.58 Å². The number of benzene rings is 2. The Morgan fingerprint density at radius 2 is 1.75 bits per heavy atom. The van der Waals surface area contributed by atoms with Crippen LogP contribution in [0.15, 0.2) is 54.6 Å². The maximum atomic E-state index is 12.0. The van der Waals surface area contributed by atoms with Crippen LogP contribution in [-0.2, 0) is 22.6 Å². The molecule has 0 saturated carbocycles. The first-order valence-corrected chi connectivity index (χ1v) is 9.45. The zero-order chi connectivity index (χ0) is 23.3. The molecule has 9 heteroatoms. The molecule has 2 aromatic carbocycles. The molecule has 0 spiro atoms. The summed E-state index contributed by atoms with van der Waals surface area (Å²) in [6.07, 6.45) is 3.41. The number of methoxy groups -OCH3 is 1. The molecule has 1 heterocycles. The van der Waals surface area contributed by atoms with E-state index in [1.807, 2.05) is 10.6 Å². The number of barbiturate groups is 1. The van der Waals surface area contributed by atoms with E-state index in [1.165, 1.54) is 25.3 Å². The fourth-order valence-electron chi connectivity index (χ4n) is 3.06. The van der Waals surface area contributed by atoms with Crippen molar-refractivity contribution in [3.05, 3.63) is 76.9 Å². The molecule has 164 valence electrons. The van der Waals surface area contributed by atoms with Crippen molar-refractivity contribution in [2.24, 2.45) is 0 Å². The van der Waals surface area contributed by atoms with Gasteiger partial charge in [-0.05, 0) is 41.3 Å². The number of nitrogens with one attached hydrogen (secondary N) is 2. The van der Waals surface area contributed by atoms with Crippen molar-refractivity contribution in [2.75, 3.05) is 7.11 Å². The lowest BCUT2D eigenvalue weighted by Gasteiger charge is -2.17. The highest BCUT2D eigenvalue weighted by Crippen LogP contribution is 2.35. The second-order valence-electron chi connectivity index (χ2n) is 6.77. The lowest BCUT2D eigenvalue weighted by molar-refractivity contribution is -0.255. The maximum absolute atomic E-state index is 12.0. The summed E-state index contributed by atoms with van der Waals surface area (Å²) in [7, 11) is 1.45. The van der Waals surface area contributed by atoms with Crippen LogP contribution in [0.4, 0.5) is 4.79 Å². The van der Waals surface area contributed by atoms with E-state index < -0.39 is 23.8 Å². The van der Waals surface area contributed by atoms with Gasteiger partial charge in [-0.25, -0.2) is 4.79 Å². The van der Waals surface area contributed by atoms with Crippen molar-refractivity contribution >= 4 is 29.9 Å². The normalized spacial score (nSPS) is 13.2. The largest absolute Gasteiger partial charge is 0.545 e. The average Bonchev–Trinajstić information content (AvgIpc) is 2.75. The first-order chi connectivity index (χ1) is 15.3. The van der Waals surface area contributed by atoms with E-state index in [-0.39, 0.29) is 17.7 Å². The van der Waals surface area contributed by atoms with E-state index in [2.05, 4.69) is 6.58 Å². The Morgan fingerprint density at radius 3 is 2.31 bits per heavy atom. The predicted molar refractivity (Wildman–Crippen MR) is 112 cm³/mol. The number of amides is 4. The van der Waals surface area contributed by atoms with Gasteiger partial charge in [0.05, 0.1) is 13.1 Å². The van der Waals surface area contributed by atoms with E-state index in [0.29, 0.717) is 29.0 Å². The molecule has 1 saturated heterocycles. The van der Waals surface area contributed by atoms with E-state index in [9.17, 15) is 24.3 Å². The Balaban J connectivity index is 1.91. The number of hydrogen-bond donors (Lipinski definition) is 2.